The first-order valence-electron chi connectivity index (χ1n) is 12.5. The number of aliphatic hydroxyl groups is 1. The number of likely N-dealkylation sites (N-methyl/N-ethyl adjacent to an activating group) is 1. The molecule has 0 unspecified atom stereocenters. The molecule has 0 aliphatic rings. The zero-order valence-electron chi connectivity index (χ0n) is 22.8. The van der Waals surface area contributed by atoms with Crippen molar-refractivity contribution < 1.29 is 23.8 Å². The number of aliphatic hydroxyl groups excluding tert-OH is 1. The van der Waals surface area contributed by atoms with Crippen LogP contribution in [0, 0.1) is 12.7 Å². The number of aromatic nitrogens is 5. The Labute approximate surface area is 232 Å². The minimum absolute atomic E-state index is 0.106. The molecule has 0 aliphatic heterocycles. The van der Waals surface area contributed by atoms with E-state index in [1.165, 1.54) is 52.0 Å². The highest BCUT2D eigenvalue weighted by Crippen LogP contribution is 2.33. The number of ether oxygens (including phenoxy) is 2. The lowest BCUT2D eigenvalue weighted by Gasteiger charge is -2.23. The second-order valence-corrected chi connectivity index (χ2v) is 10.4. The summed E-state index contributed by atoms with van der Waals surface area (Å²) in [4.78, 5) is 43.7. The molecule has 0 saturated carbocycles. The number of amides is 1. The van der Waals surface area contributed by atoms with E-state index in [0.29, 0.717) is 26.7 Å². The molecular weight excluding hydrogens is 543 g/mol. The van der Waals surface area contributed by atoms with Gasteiger partial charge < -0.3 is 19.5 Å². The Morgan fingerprint density at radius 1 is 1.20 bits per heavy atom. The molecule has 14 heteroatoms. The molecular formula is C26H31FN6O6S. The number of nitrogens with zero attached hydrogens (tertiary/aromatic N) is 6. The number of rotatable bonds is 11. The number of hydrogen-bond donors (Lipinski definition) is 1. The van der Waals surface area contributed by atoms with E-state index in [1.54, 1.807) is 14.0 Å². The molecule has 1 aromatic carbocycles. The van der Waals surface area contributed by atoms with Crippen molar-refractivity contribution in [2.24, 2.45) is 0 Å². The summed E-state index contributed by atoms with van der Waals surface area (Å²) in [7, 11) is 3.02. The number of aryl methyl sites for hydroxylation is 1. The van der Waals surface area contributed by atoms with Crippen LogP contribution in [0.15, 0.2) is 40.2 Å². The van der Waals surface area contributed by atoms with Gasteiger partial charge in [-0.1, -0.05) is 11.3 Å². The van der Waals surface area contributed by atoms with Crippen molar-refractivity contribution in [3.8, 4) is 10.8 Å². The third-order valence-corrected chi connectivity index (χ3v) is 7.91. The molecule has 0 saturated heterocycles. The minimum atomic E-state index is -0.952. The lowest BCUT2D eigenvalue weighted by molar-refractivity contribution is -0.132. The molecule has 0 bridgehead atoms. The van der Waals surface area contributed by atoms with Crippen LogP contribution in [0.1, 0.15) is 31.1 Å². The van der Waals surface area contributed by atoms with Gasteiger partial charge in [0.25, 0.3) is 5.56 Å². The van der Waals surface area contributed by atoms with Crippen molar-refractivity contribution in [3.63, 3.8) is 0 Å². The van der Waals surface area contributed by atoms with Gasteiger partial charge >= 0.3 is 5.69 Å². The molecule has 1 atom stereocenters. The Morgan fingerprint density at radius 3 is 2.52 bits per heavy atom. The maximum absolute atomic E-state index is 14.3. The Bertz CT molecular complexity index is 1630. The predicted molar refractivity (Wildman–Crippen MR) is 147 cm³/mol. The van der Waals surface area contributed by atoms with E-state index >= 15 is 0 Å². The monoisotopic (exact) mass is 574 g/mol. The van der Waals surface area contributed by atoms with Crippen molar-refractivity contribution in [1.82, 2.24) is 29.0 Å². The predicted octanol–water partition coefficient (Wildman–Crippen LogP) is 1.88. The van der Waals surface area contributed by atoms with Gasteiger partial charge in [-0.2, -0.15) is 10.2 Å². The Morgan fingerprint density at radius 2 is 1.90 bits per heavy atom. The number of carbonyl (C=O) groups is 1. The highest BCUT2D eigenvalue weighted by atomic mass is 32.1. The molecule has 40 heavy (non-hydrogen) atoms. The summed E-state index contributed by atoms with van der Waals surface area (Å²) in [5, 5.41) is 18.5. The minimum Gasteiger partial charge on any atom is -0.496 e. The molecule has 0 radical (unpaired) electrons. The van der Waals surface area contributed by atoms with E-state index < -0.39 is 35.6 Å². The van der Waals surface area contributed by atoms with Crippen molar-refractivity contribution >= 4 is 27.5 Å². The highest BCUT2D eigenvalue weighted by molar-refractivity contribution is 7.21. The molecule has 4 rings (SSSR count). The summed E-state index contributed by atoms with van der Waals surface area (Å²) in [6, 6.07) is 3.76. The van der Waals surface area contributed by atoms with Crippen LogP contribution in [0.3, 0.4) is 0 Å². The molecule has 0 fully saturated rings. The van der Waals surface area contributed by atoms with Crippen LogP contribution in [0.2, 0.25) is 0 Å². The van der Waals surface area contributed by atoms with Gasteiger partial charge in [0.2, 0.25) is 5.91 Å². The van der Waals surface area contributed by atoms with Crippen molar-refractivity contribution in [1.29, 1.82) is 0 Å². The summed E-state index contributed by atoms with van der Waals surface area (Å²) in [5.41, 5.74) is -0.515. The molecule has 1 amide bonds. The summed E-state index contributed by atoms with van der Waals surface area (Å²) in [6.45, 7) is 4.30. The molecule has 4 aromatic rings. The SMILES string of the molecule is COc1ccc(F)cc1[C@H](Cn1c(=O)n(CC(=O)N(C)C(C)C)c(=O)c2c(C)c(-n3nccn3)sc21)OCCO. The van der Waals surface area contributed by atoms with Gasteiger partial charge in [-0.3, -0.25) is 18.7 Å². The standard InChI is InChI=1S/C26H31FN6O6S/c1-15(2)30(4)21(35)14-31-23(36)22-16(3)24(33-28-8-9-29-33)40-25(22)32(26(31)37)13-20(39-11-10-34)18-12-17(27)6-7-19(18)38-5/h6-9,12,15,20,34H,10-11,13-14H2,1-5H3/t20-/m0/s1. The van der Waals surface area contributed by atoms with Crippen LogP contribution >= 0.6 is 11.3 Å². The van der Waals surface area contributed by atoms with Gasteiger partial charge in [-0.25, -0.2) is 9.18 Å². The third kappa shape index (κ3) is 5.55. The van der Waals surface area contributed by atoms with Gasteiger partial charge in [-0.05, 0) is 39.0 Å². The molecule has 3 aromatic heterocycles. The van der Waals surface area contributed by atoms with Crippen LogP contribution in [0.5, 0.6) is 5.75 Å². The number of carbonyl (C=O) groups excluding carboxylic acids is 1. The first kappa shape index (κ1) is 29.1. The van der Waals surface area contributed by atoms with Crippen LogP contribution in [-0.2, 0) is 22.6 Å². The average Bonchev–Trinajstić information content (AvgIpc) is 3.58. The van der Waals surface area contributed by atoms with Crippen LogP contribution in [-0.4, -0.2) is 73.5 Å². The fourth-order valence-corrected chi connectivity index (χ4v) is 5.51. The number of methoxy groups -OCH3 is 1. The summed E-state index contributed by atoms with van der Waals surface area (Å²) in [6.07, 6.45) is 2.03. The Hall–Kier alpha value is -3.88. The lowest BCUT2D eigenvalue weighted by atomic mass is 10.1. The maximum Gasteiger partial charge on any atom is 0.332 e. The molecule has 12 nitrogen and oxygen atoms in total. The second-order valence-electron chi connectivity index (χ2n) is 9.38. The first-order chi connectivity index (χ1) is 19.1. The van der Waals surface area contributed by atoms with E-state index in [0.717, 1.165) is 15.9 Å². The Kier molecular flexibility index (Phi) is 8.81. The van der Waals surface area contributed by atoms with Gasteiger partial charge in [0.15, 0.2) is 0 Å². The van der Waals surface area contributed by atoms with Gasteiger partial charge in [-0.15, -0.1) is 4.80 Å². The molecule has 0 aliphatic carbocycles. The number of hydrogen-bond acceptors (Lipinski definition) is 9. The molecule has 214 valence electrons. The number of benzene rings is 1. The number of halogens is 1. The summed E-state index contributed by atoms with van der Waals surface area (Å²) in [5.74, 6) is -0.640. The topological polar surface area (TPSA) is 134 Å². The fourth-order valence-electron chi connectivity index (χ4n) is 4.29. The third-order valence-electron chi connectivity index (χ3n) is 6.63. The first-order valence-corrected chi connectivity index (χ1v) is 13.4. The van der Waals surface area contributed by atoms with E-state index in [2.05, 4.69) is 10.2 Å². The number of thiophene rings is 1. The van der Waals surface area contributed by atoms with E-state index in [1.807, 2.05) is 13.8 Å². The van der Waals surface area contributed by atoms with Crippen molar-refractivity contribution in [2.45, 2.75) is 46.0 Å². The van der Waals surface area contributed by atoms with Gasteiger partial charge in [0, 0.05) is 24.2 Å². The van der Waals surface area contributed by atoms with Gasteiger partial charge in [0.05, 0.1) is 44.6 Å². The fraction of sp³-hybridized carbons (Fsp3) is 0.423. The van der Waals surface area contributed by atoms with E-state index in [9.17, 15) is 23.9 Å². The maximum atomic E-state index is 14.3. The lowest BCUT2D eigenvalue weighted by Crippen LogP contribution is -2.45. The van der Waals surface area contributed by atoms with E-state index in [4.69, 9.17) is 9.47 Å². The van der Waals surface area contributed by atoms with Crippen molar-refractivity contribution in [3.05, 3.63) is 68.4 Å². The largest absolute Gasteiger partial charge is 0.496 e. The summed E-state index contributed by atoms with van der Waals surface area (Å²) < 4.78 is 27.8. The second kappa shape index (κ2) is 12.1. The quantitative estimate of drug-likeness (QED) is 0.287. The normalized spacial score (nSPS) is 12.3. The van der Waals surface area contributed by atoms with Gasteiger partial charge in [0.1, 0.15) is 34.0 Å². The molecule has 3 heterocycles. The zero-order chi connectivity index (χ0) is 29.1. The average molecular weight is 575 g/mol. The highest BCUT2D eigenvalue weighted by Gasteiger charge is 2.27. The van der Waals surface area contributed by atoms with Crippen molar-refractivity contribution in [2.75, 3.05) is 27.4 Å². The van der Waals surface area contributed by atoms with Crippen LogP contribution < -0.4 is 16.0 Å². The van der Waals surface area contributed by atoms with E-state index in [-0.39, 0.29) is 31.2 Å². The molecule has 0 spiro atoms. The van der Waals surface area contributed by atoms with Crippen LogP contribution in [0.25, 0.3) is 15.2 Å². The van der Waals surface area contributed by atoms with Crippen LogP contribution in [0.4, 0.5) is 4.39 Å². The number of fused-ring (bicyclic) bond motifs is 1. The Balaban J connectivity index is 1.96. The smallest absolute Gasteiger partial charge is 0.332 e. The molecule has 1 N–H and O–H groups in total. The zero-order valence-corrected chi connectivity index (χ0v) is 23.6. The summed E-state index contributed by atoms with van der Waals surface area (Å²) >= 11 is 1.13.